The quantitative estimate of drug-likeness (QED) is 0.441. The minimum Gasteiger partial charge on any atom is -0.477 e. The molecule has 0 aliphatic rings. The number of aromatic nitrogens is 1. The van der Waals surface area contributed by atoms with Gasteiger partial charge < -0.3 is 10.8 Å². The number of nitrogens with zero attached hydrogens (tertiary/aromatic N) is 3. The largest absolute Gasteiger partial charge is 0.477 e. The Hall–Kier alpha value is -2.02. The summed E-state index contributed by atoms with van der Waals surface area (Å²) in [6, 6.07) is 0. The Morgan fingerprint density at radius 2 is 2.47 bits per heavy atom. The fourth-order valence-electron chi connectivity index (χ4n) is 0.769. The Morgan fingerprint density at radius 3 is 2.93 bits per heavy atom. The molecule has 0 spiro atoms. The van der Waals surface area contributed by atoms with Gasteiger partial charge in [-0.25, -0.2) is 9.78 Å². The lowest BCUT2D eigenvalue weighted by Gasteiger charge is -1.95. The van der Waals surface area contributed by atoms with E-state index in [9.17, 15) is 4.79 Å². The highest BCUT2D eigenvalue weighted by Gasteiger charge is 2.08. The molecule has 0 radical (unpaired) electrons. The zero-order valence-corrected chi connectivity index (χ0v) is 8.44. The van der Waals surface area contributed by atoms with E-state index in [0.29, 0.717) is 5.01 Å². The molecule has 15 heavy (non-hydrogen) atoms. The predicted molar refractivity (Wildman–Crippen MR) is 58.1 cm³/mol. The van der Waals surface area contributed by atoms with E-state index in [2.05, 4.69) is 21.9 Å². The van der Waals surface area contributed by atoms with E-state index in [0.717, 1.165) is 0 Å². The number of carboxylic acid groups (broad SMARTS) is 1. The van der Waals surface area contributed by atoms with Gasteiger partial charge in [-0.05, 0) is 6.08 Å². The van der Waals surface area contributed by atoms with E-state index in [1.165, 1.54) is 17.4 Å². The van der Waals surface area contributed by atoms with E-state index in [-0.39, 0.29) is 11.4 Å². The highest BCUT2D eigenvalue weighted by molar-refractivity contribution is 7.11. The first-order valence-corrected chi connectivity index (χ1v) is 4.67. The zero-order valence-electron chi connectivity index (χ0n) is 7.62. The van der Waals surface area contributed by atoms with Gasteiger partial charge in [-0.1, -0.05) is 0 Å². The Morgan fingerprint density at radius 1 is 1.73 bits per heavy atom. The molecule has 0 fully saturated rings. The van der Waals surface area contributed by atoms with Gasteiger partial charge in [0.1, 0.15) is 16.4 Å². The van der Waals surface area contributed by atoms with Crippen molar-refractivity contribution in [3.63, 3.8) is 0 Å². The van der Waals surface area contributed by atoms with Crippen molar-refractivity contribution in [1.82, 2.24) is 4.98 Å². The third kappa shape index (κ3) is 2.99. The second-order valence-electron chi connectivity index (χ2n) is 2.37. The summed E-state index contributed by atoms with van der Waals surface area (Å²) < 4.78 is 0. The van der Waals surface area contributed by atoms with Crippen LogP contribution in [-0.4, -0.2) is 28.5 Å². The van der Waals surface area contributed by atoms with Crippen molar-refractivity contribution >= 4 is 29.7 Å². The molecule has 0 saturated carbocycles. The molecule has 1 aromatic rings. The Labute approximate surface area is 89.5 Å². The lowest BCUT2D eigenvalue weighted by molar-refractivity contribution is -0.132. The summed E-state index contributed by atoms with van der Waals surface area (Å²) in [5.74, 6) is -1.22. The SMILES string of the molecule is C=NN=C(C=C(N)C(=O)O)c1nccs1. The summed E-state index contributed by atoms with van der Waals surface area (Å²) in [6.45, 7) is 3.18. The molecular formula is C8H8N4O2S. The van der Waals surface area contributed by atoms with Crippen molar-refractivity contribution in [2.75, 3.05) is 0 Å². The van der Waals surface area contributed by atoms with Gasteiger partial charge in [0.05, 0.1) is 0 Å². The molecule has 78 valence electrons. The standard InChI is InChI=1S/C8H8N4O2S/c1-10-12-6(4-5(9)8(13)14)7-11-2-3-15-7/h2-4H,1,9H2,(H,13,14). The number of rotatable bonds is 4. The lowest BCUT2D eigenvalue weighted by atomic mass is 10.3. The predicted octanol–water partition coefficient (Wildman–Crippen LogP) is 0.475. The number of carbonyl (C=O) groups is 1. The lowest BCUT2D eigenvalue weighted by Crippen LogP contribution is -2.12. The summed E-state index contributed by atoms with van der Waals surface area (Å²) in [6.07, 6.45) is 2.76. The number of nitrogens with two attached hydrogens (primary N) is 1. The van der Waals surface area contributed by atoms with Crippen molar-refractivity contribution < 1.29 is 9.90 Å². The average molecular weight is 224 g/mol. The van der Waals surface area contributed by atoms with Crippen LogP contribution in [0.5, 0.6) is 0 Å². The second-order valence-corrected chi connectivity index (χ2v) is 3.26. The third-order valence-electron chi connectivity index (χ3n) is 1.37. The monoisotopic (exact) mass is 224 g/mol. The maximum absolute atomic E-state index is 10.5. The van der Waals surface area contributed by atoms with E-state index in [1.54, 1.807) is 11.6 Å². The first-order chi connectivity index (χ1) is 7.15. The molecule has 6 nitrogen and oxygen atoms in total. The van der Waals surface area contributed by atoms with Crippen LogP contribution in [0.4, 0.5) is 0 Å². The molecular weight excluding hydrogens is 216 g/mol. The molecule has 0 aliphatic heterocycles. The molecule has 0 aromatic carbocycles. The van der Waals surface area contributed by atoms with Crippen molar-refractivity contribution in [1.29, 1.82) is 0 Å². The highest BCUT2D eigenvalue weighted by Crippen LogP contribution is 2.08. The first-order valence-electron chi connectivity index (χ1n) is 3.79. The molecule has 7 heteroatoms. The van der Waals surface area contributed by atoms with Gasteiger partial charge in [-0.3, -0.25) is 0 Å². The number of hydrogen-bond donors (Lipinski definition) is 2. The first kappa shape index (κ1) is 11.1. The Balaban J connectivity index is 3.06. The minimum atomic E-state index is -1.22. The normalized spacial score (nSPS) is 12.5. The van der Waals surface area contributed by atoms with Gasteiger partial charge in [-0.2, -0.15) is 5.10 Å². The summed E-state index contributed by atoms with van der Waals surface area (Å²) in [7, 11) is 0. The van der Waals surface area contributed by atoms with Crippen LogP contribution in [0.3, 0.4) is 0 Å². The van der Waals surface area contributed by atoms with E-state index in [1.807, 2.05) is 0 Å². The van der Waals surface area contributed by atoms with Crippen LogP contribution in [0.25, 0.3) is 0 Å². The van der Waals surface area contributed by atoms with Crippen molar-refractivity contribution in [2.24, 2.45) is 15.9 Å². The van der Waals surface area contributed by atoms with Crippen molar-refractivity contribution in [2.45, 2.75) is 0 Å². The van der Waals surface area contributed by atoms with Crippen LogP contribution in [0.2, 0.25) is 0 Å². The number of thiazole rings is 1. The maximum Gasteiger partial charge on any atom is 0.351 e. The average Bonchev–Trinajstić information content (AvgIpc) is 2.69. The van der Waals surface area contributed by atoms with Crippen LogP contribution < -0.4 is 5.73 Å². The molecule has 0 aliphatic carbocycles. The topological polar surface area (TPSA) is 101 Å². The third-order valence-corrected chi connectivity index (χ3v) is 2.16. The molecule has 0 bridgehead atoms. The van der Waals surface area contributed by atoms with Crippen molar-refractivity contribution in [3.8, 4) is 0 Å². The Kier molecular flexibility index (Phi) is 3.69. The van der Waals surface area contributed by atoms with Gasteiger partial charge in [-0.15, -0.1) is 16.4 Å². The van der Waals surface area contributed by atoms with Crippen LogP contribution in [0.1, 0.15) is 5.01 Å². The molecule has 0 unspecified atom stereocenters. The summed E-state index contributed by atoms with van der Waals surface area (Å²) in [5.41, 5.74) is 5.20. The summed E-state index contributed by atoms with van der Waals surface area (Å²) >= 11 is 1.30. The molecule has 1 aromatic heterocycles. The van der Waals surface area contributed by atoms with Crippen LogP contribution in [0, 0.1) is 0 Å². The van der Waals surface area contributed by atoms with Crippen LogP contribution in [0.15, 0.2) is 33.6 Å². The molecule has 0 saturated heterocycles. The smallest absolute Gasteiger partial charge is 0.351 e. The van der Waals surface area contributed by atoms with Gasteiger partial charge >= 0.3 is 5.97 Å². The van der Waals surface area contributed by atoms with Gasteiger partial charge in [0, 0.05) is 18.3 Å². The summed E-state index contributed by atoms with van der Waals surface area (Å²) in [5, 5.41) is 17.8. The number of aliphatic carboxylic acids is 1. The zero-order chi connectivity index (χ0) is 11.3. The van der Waals surface area contributed by atoms with Gasteiger partial charge in [0.15, 0.2) is 0 Å². The van der Waals surface area contributed by atoms with E-state index < -0.39 is 5.97 Å². The minimum absolute atomic E-state index is 0.278. The molecule has 3 N–H and O–H groups in total. The van der Waals surface area contributed by atoms with Crippen molar-refractivity contribution in [3.05, 3.63) is 28.4 Å². The summed E-state index contributed by atoms with van der Waals surface area (Å²) in [4.78, 5) is 14.5. The van der Waals surface area contributed by atoms with Crippen LogP contribution >= 0.6 is 11.3 Å². The van der Waals surface area contributed by atoms with Crippen LogP contribution in [-0.2, 0) is 4.79 Å². The molecule has 0 amide bonds. The number of carboxylic acids is 1. The van der Waals surface area contributed by atoms with Gasteiger partial charge in [0.25, 0.3) is 0 Å². The maximum atomic E-state index is 10.5. The Bertz CT molecular complexity index is 422. The number of allylic oxidation sites excluding steroid dienone is 1. The second kappa shape index (κ2) is 5.01. The van der Waals surface area contributed by atoms with Gasteiger partial charge in [0.2, 0.25) is 0 Å². The molecule has 1 heterocycles. The van der Waals surface area contributed by atoms with E-state index >= 15 is 0 Å². The fraction of sp³-hybridized carbons (Fsp3) is 0. The molecule has 0 atom stereocenters. The number of hydrogen-bond acceptors (Lipinski definition) is 6. The fourth-order valence-corrected chi connectivity index (χ4v) is 1.36. The highest BCUT2D eigenvalue weighted by atomic mass is 32.1. The molecule has 1 rings (SSSR count). The van der Waals surface area contributed by atoms with E-state index in [4.69, 9.17) is 10.8 Å².